The number of likely N-dealkylation sites (tertiary alicyclic amines) is 1. The molecule has 0 saturated carbocycles. The van der Waals surface area contributed by atoms with E-state index in [1.165, 1.54) is 6.42 Å². The molecule has 1 fully saturated rings. The highest BCUT2D eigenvalue weighted by Crippen LogP contribution is 2.17. The SMILES string of the molecule is CC(C)CCN(CCC(C)C)C(=O)Nc1cccc(C(=O)N2CCCCC2)c1. The van der Waals surface area contributed by atoms with Crippen molar-refractivity contribution < 1.29 is 9.59 Å². The third-order valence-electron chi connectivity index (χ3n) is 5.24. The highest BCUT2D eigenvalue weighted by Gasteiger charge is 2.19. The summed E-state index contributed by atoms with van der Waals surface area (Å²) in [5.41, 5.74) is 1.34. The van der Waals surface area contributed by atoms with Crippen molar-refractivity contribution in [1.82, 2.24) is 9.80 Å². The van der Waals surface area contributed by atoms with Crippen LogP contribution in [0, 0.1) is 11.8 Å². The van der Waals surface area contributed by atoms with E-state index < -0.39 is 0 Å². The van der Waals surface area contributed by atoms with Gasteiger partial charge in [0.05, 0.1) is 0 Å². The molecular formula is C23H37N3O2. The van der Waals surface area contributed by atoms with Crippen LogP contribution >= 0.6 is 0 Å². The van der Waals surface area contributed by atoms with Gasteiger partial charge >= 0.3 is 6.03 Å². The largest absolute Gasteiger partial charge is 0.339 e. The molecule has 5 nitrogen and oxygen atoms in total. The number of carbonyl (C=O) groups excluding carboxylic acids is 2. The highest BCUT2D eigenvalue weighted by molar-refractivity contribution is 5.97. The number of amides is 3. The van der Waals surface area contributed by atoms with E-state index in [0.717, 1.165) is 51.9 Å². The minimum absolute atomic E-state index is 0.0623. The minimum atomic E-state index is -0.0797. The number of benzene rings is 1. The average molecular weight is 388 g/mol. The molecule has 0 spiro atoms. The van der Waals surface area contributed by atoms with Crippen molar-refractivity contribution in [2.24, 2.45) is 11.8 Å². The van der Waals surface area contributed by atoms with Crippen LogP contribution in [-0.2, 0) is 0 Å². The Morgan fingerprint density at radius 3 is 2.18 bits per heavy atom. The van der Waals surface area contributed by atoms with Crippen LogP contribution in [0.5, 0.6) is 0 Å². The number of hydrogen-bond acceptors (Lipinski definition) is 2. The number of hydrogen-bond donors (Lipinski definition) is 1. The molecular weight excluding hydrogens is 350 g/mol. The van der Waals surface area contributed by atoms with Gasteiger partial charge in [-0.3, -0.25) is 4.79 Å². The fraction of sp³-hybridized carbons (Fsp3) is 0.652. The lowest BCUT2D eigenvalue weighted by Crippen LogP contribution is -2.37. The molecule has 1 aliphatic heterocycles. The summed E-state index contributed by atoms with van der Waals surface area (Å²) in [6.07, 6.45) is 5.31. The van der Waals surface area contributed by atoms with Gasteiger partial charge < -0.3 is 15.1 Å². The molecule has 1 aliphatic rings. The maximum atomic E-state index is 12.8. The van der Waals surface area contributed by atoms with Gasteiger partial charge in [-0.2, -0.15) is 0 Å². The molecule has 28 heavy (non-hydrogen) atoms. The molecule has 0 bridgehead atoms. The van der Waals surface area contributed by atoms with E-state index >= 15 is 0 Å². The van der Waals surface area contributed by atoms with Crippen molar-refractivity contribution in [1.29, 1.82) is 0 Å². The number of piperidine rings is 1. The summed E-state index contributed by atoms with van der Waals surface area (Å²) in [5.74, 6) is 1.17. The molecule has 1 aromatic carbocycles. The van der Waals surface area contributed by atoms with E-state index in [9.17, 15) is 9.59 Å². The highest BCUT2D eigenvalue weighted by atomic mass is 16.2. The molecule has 0 unspecified atom stereocenters. The van der Waals surface area contributed by atoms with Crippen LogP contribution in [0.15, 0.2) is 24.3 Å². The number of anilines is 1. The molecule has 0 radical (unpaired) electrons. The molecule has 5 heteroatoms. The first kappa shape index (κ1) is 22.3. The van der Waals surface area contributed by atoms with Crippen molar-refractivity contribution in [2.45, 2.75) is 59.8 Å². The maximum absolute atomic E-state index is 12.8. The summed E-state index contributed by atoms with van der Waals surface area (Å²) in [6.45, 7) is 11.9. The zero-order valence-corrected chi connectivity index (χ0v) is 18.0. The molecule has 0 aromatic heterocycles. The smallest absolute Gasteiger partial charge is 0.321 e. The summed E-state index contributed by atoms with van der Waals surface area (Å²) in [7, 11) is 0. The third-order valence-corrected chi connectivity index (χ3v) is 5.24. The normalized spacial score (nSPS) is 14.4. The van der Waals surface area contributed by atoms with Gasteiger partial charge in [-0.1, -0.05) is 33.8 Å². The number of rotatable bonds is 8. The fourth-order valence-electron chi connectivity index (χ4n) is 3.36. The molecule has 1 N–H and O–H groups in total. The number of urea groups is 1. The van der Waals surface area contributed by atoms with Crippen LogP contribution < -0.4 is 5.32 Å². The van der Waals surface area contributed by atoms with Gasteiger partial charge in [0.1, 0.15) is 0 Å². The number of nitrogens with zero attached hydrogens (tertiary/aromatic N) is 2. The predicted molar refractivity (Wildman–Crippen MR) is 116 cm³/mol. The summed E-state index contributed by atoms with van der Waals surface area (Å²) >= 11 is 0. The Bertz CT molecular complexity index is 624. The second kappa shape index (κ2) is 11.1. The van der Waals surface area contributed by atoms with Crippen LogP contribution in [0.2, 0.25) is 0 Å². The zero-order valence-electron chi connectivity index (χ0n) is 18.0. The standard InChI is InChI=1S/C23H37N3O2/c1-18(2)11-15-26(16-12-19(3)4)23(28)24-21-10-8-9-20(17-21)22(27)25-13-6-5-7-14-25/h8-10,17-19H,5-7,11-16H2,1-4H3,(H,24,28). The first-order valence-corrected chi connectivity index (χ1v) is 10.8. The Balaban J connectivity index is 2.02. The van der Waals surface area contributed by atoms with E-state index in [-0.39, 0.29) is 11.9 Å². The van der Waals surface area contributed by atoms with Crippen molar-refractivity contribution in [3.8, 4) is 0 Å². The Hall–Kier alpha value is -2.04. The molecule has 1 heterocycles. The van der Waals surface area contributed by atoms with Crippen molar-refractivity contribution in [3.63, 3.8) is 0 Å². The molecule has 1 aromatic rings. The van der Waals surface area contributed by atoms with Crippen molar-refractivity contribution >= 4 is 17.6 Å². The van der Waals surface area contributed by atoms with Gasteiger partial charge in [-0.05, 0) is 62.1 Å². The van der Waals surface area contributed by atoms with E-state index in [1.807, 2.05) is 28.0 Å². The fourth-order valence-corrected chi connectivity index (χ4v) is 3.36. The Morgan fingerprint density at radius 2 is 1.61 bits per heavy atom. The quantitative estimate of drug-likeness (QED) is 0.663. The molecule has 0 atom stereocenters. The summed E-state index contributed by atoms with van der Waals surface area (Å²) < 4.78 is 0. The summed E-state index contributed by atoms with van der Waals surface area (Å²) in [5, 5.41) is 3.00. The number of carbonyl (C=O) groups is 2. The lowest BCUT2D eigenvalue weighted by molar-refractivity contribution is 0.0724. The van der Waals surface area contributed by atoms with Gasteiger partial charge in [0, 0.05) is 37.4 Å². The lowest BCUT2D eigenvalue weighted by Gasteiger charge is -2.27. The molecule has 1 saturated heterocycles. The van der Waals surface area contributed by atoms with Crippen LogP contribution in [0.3, 0.4) is 0 Å². The zero-order chi connectivity index (χ0) is 20.5. The Labute approximate surface area is 170 Å². The third kappa shape index (κ3) is 7.17. The van der Waals surface area contributed by atoms with Crippen LogP contribution in [-0.4, -0.2) is 47.9 Å². The molecule has 2 rings (SSSR count). The number of nitrogens with one attached hydrogen (secondary N) is 1. The van der Waals surface area contributed by atoms with Gasteiger partial charge in [0.2, 0.25) is 0 Å². The Kier molecular flexibility index (Phi) is 8.81. The lowest BCUT2D eigenvalue weighted by atomic mass is 10.1. The second-order valence-corrected chi connectivity index (χ2v) is 8.72. The molecule has 156 valence electrons. The van der Waals surface area contributed by atoms with E-state index in [0.29, 0.717) is 23.1 Å². The first-order chi connectivity index (χ1) is 13.4. The first-order valence-electron chi connectivity index (χ1n) is 10.8. The van der Waals surface area contributed by atoms with E-state index in [4.69, 9.17) is 0 Å². The van der Waals surface area contributed by atoms with Crippen LogP contribution in [0.25, 0.3) is 0 Å². The van der Waals surface area contributed by atoms with Gasteiger partial charge in [0.15, 0.2) is 0 Å². The van der Waals surface area contributed by atoms with E-state index in [1.54, 1.807) is 6.07 Å². The van der Waals surface area contributed by atoms with Gasteiger partial charge in [-0.25, -0.2) is 4.79 Å². The van der Waals surface area contributed by atoms with Crippen LogP contribution in [0.4, 0.5) is 10.5 Å². The minimum Gasteiger partial charge on any atom is -0.339 e. The van der Waals surface area contributed by atoms with Gasteiger partial charge in [0.25, 0.3) is 5.91 Å². The monoisotopic (exact) mass is 387 g/mol. The molecule has 0 aliphatic carbocycles. The topological polar surface area (TPSA) is 52.7 Å². The molecule has 3 amide bonds. The van der Waals surface area contributed by atoms with Crippen molar-refractivity contribution in [2.75, 3.05) is 31.5 Å². The average Bonchev–Trinajstić information content (AvgIpc) is 2.67. The Morgan fingerprint density at radius 1 is 1.00 bits per heavy atom. The van der Waals surface area contributed by atoms with E-state index in [2.05, 4.69) is 33.0 Å². The second-order valence-electron chi connectivity index (χ2n) is 8.72. The maximum Gasteiger partial charge on any atom is 0.321 e. The van der Waals surface area contributed by atoms with Gasteiger partial charge in [-0.15, -0.1) is 0 Å². The van der Waals surface area contributed by atoms with Crippen molar-refractivity contribution in [3.05, 3.63) is 29.8 Å². The predicted octanol–water partition coefficient (Wildman–Crippen LogP) is 5.24. The summed E-state index contributed by atoms with van der Waals surface area (Å²) in [6, 6.07) is 7.26. The summed E-state index contributed by atoms with van der Waals surface area (Å²) in [4.78, 5) is 29.4. The van der Waals surface area contributed by atoms with Crippen LogP contribution in [0.1, 0.15) is 70.2 Å².